The smallest absolute Gasteiger partial charge is 0.319 e. The highest BCUT2D eigenvalue weighted by Crippen LogP contribution is 2.42. The Bertz CT molecular complexity index is 1670. The zero-order valence-corrected chi connectivity index (χ0v) is 24.9. The second kappa shape index (κ2) is 11.6. The van der Waals surface area contributed by atoms with Gasteiger partial charge in [-0.15, -0.1) is 0 Å². The minimum atomic E-state index is -0.873. The van der Waals surface area contributed by atoms with Crippen LogP contribution in [0.3, 0.4) is 0 Å². The number of benzene rings is 2. The quantitative estimate of drug-likeness (QED) is 0.208. The molecule has 43 heavy (non-hydrogen) atoms. The fraction of sp³-hybridized carbons (Fsp3) is 0.469. The number of piperidine rings is 1. The molecule has 0 spiro atoms. The van der Waals surface area contributed by atoms with Crippen molar-refractivity contribution in [2.75, 3.05) is 51.6 Å². The summed E-state index contributed by atoms with van der Waals surface area (Å²) in [6, 6.07) is 9.13. The van der Waals surface area contributed by atoms with E-state index in [1.807, 2.05) is 18.2 Å². The van der Waals surface area contributed by atoms with Gasteiger partial charge in [0.15, 0.2) is 12.6 Å². The van der Waals surface area contributed by atoms with E-state index < -0.39 is 12.0 Å². The normalized spacial score (nSPS) is 22.4. The van der Waals surface area contributed by atoms with Crippen molar-refractivity contribution in [2.45, 2.75) is 50.2 Å². The topological polar surface area (TPSA) is 72.8 Å². The van der Waals surface area contributed by atoms with Crippen molar-refractivity contribution in [3.63, 3.8) is 0 Å². The Hall–Kier alpha value is -3.34. The number of methoxy groups -OCH3 is 1. The molecule has 0 amide bonds. The number of fused-ring (bicyclic) bond motifs is 3. The standard InChI is InChI=1S/C32H34ClF2N5O3/c1-41-19-43-22-13-20-7-5-8-25(33)26(20)23(14-22)28-27(35)29-24(16-36-28)30(39-10-3-2-4-11-39)38-31(37-29)42-18-32-9-6-12-40(32)17-21(34)15-32/h5,7-8,13-14,16,21H,2-4,6,9-12,15,17-19H2,1H3/t21-,32+/m1/s1. The van der Waals surface area contributed by atoms with Crippen molar-refractivity contribution >= 4 is 39.1 Å². The molecule has 3 saturated heterocycles. The first-order valence-electron chi connectivity index (χ1n) is 14.9. The van der Waals surface area contributed by atoms with Crippen molar-refractivity contribution in [2.24, 2.45) is 0 Å². The predicted molar refractivity (Wildman–Crippen MR) is 162 cm³/mol. The molecule has 0 radical (unpaired) electrons. The van der Waals surface area contributed by atoms with E-state index in [-0.39, 0.29) is 36.2 Å². The molecular weight excluding hydrogens is 576 g/mol. The van der Waals surface area contributed by atoms with Gasteiger partial charge in [0.05, 0.1) is 10.9 Å². The molecule has 0 N–H and O–H groups in total. The number of ether oxygens (including phenoxy) is 3. The van der Waals surface area contributed by atoms with Crippen LogP contribution in [0.1, 0.15) is 38.5 Å². The summed E-state index contributed by atoms with van der Waals surface area (Å²) < 4.78 is 48.2. The van der Waals surface area contributed by atoms with E-state index in [2.05, 4.69) is 19.8 Å². The molecule has 5 heterocycles. The van der Waals surface area contributed by atoms with Crippen LogP contribution in [0.25, 0.3) is 32.9 Å². The molecule has 2 atom stereocenters. The number of anilines is 1. The van der Waals surface area contributed by atoms with Crippen molar-refractivity contribution in [3.05, 3.63) is 47.4 Å². The first-order chi connectivity index (χ1) is 21.0. The largest absolute Gasteiger partial charge is 0.468 e. The molecule has 2 aromatic carbocycles. The van der Waals surface area contributed by atoms with Crippen LogP contribution < -0.4 is 14.4 Å². The lowest BCUT2D eigenvalue weighted by Crippen LogP contribution is -2.43. The van der Waals surface area contributed by atoms with Crippen LogP contribution in [-0.2, 0) is 4.74 Å². The van der Waals surface area contributed by atoms with Crippen molar-refractivity contribution in [1.29, 1.82) is 0 Å². The number of aromatic nitrogens is 3. The molecule has 3 aliphatic heterocycles. The number of alkyl halides is 1. The minimum Gasteiger partial charge on any atom is -0.468 e. The van der Waals surface area contributed by atoms with Gasteiger partial charge >= 0.3 is 6.01 Å². The van der Waals surface area contributed by atoms with Crippen molar-refractivity contribution < 1.29 is 23.0 Å². The summed E-state index contributed by atoms with van der Waals surface area (Å²) in [4.78, 5) is 18.4. The third-order valence-electron chi connectivity index (χ3n) is 9.03. The van der Waals surface area contributed by atoms with Crippen LogP contribution in [0.15, 0.2) is 36.5 Å². The number of rotatable bonds is 8. The minimum absolute atomic E-state index is 0.0360. The lowest BCUT2D eigenvalue weighted by atomic mass is 9.95. The van der Waals surface area contributed by atoms with Gasteiger partial charge < -0.3 is 19.1 Å². The molecule has 11 heteroatoms. The Morgan fingerprint density at radius 3 is 2.77 bits per heavy atom. The molecule has 226 valence electrons. The number of pyridine rings is 1. The third kappa shape index (κ3) is 5.23. The lowest BCUT2D eigenvalue weighted by Gasteiger charge is -2.31. The van der Waals surface area contributed by atoms with Gasteiger partial charge in [-0.2, -0.15) is 9.97 Å². The zero-order chi connectivity index (χ0) is 29.6. The molecule has 0 aliphatic carbocycles. The maximum Gasteiger partial charge on any atom is 0.319 e. The van der Waals surface area contributed by atoms with Crippen molar-refractivity contribution in [3.8, 4) is 23.0 Å². The second-order valence-corrected chi connectivity index (χ2v) is 12.2. The predicted octanol–water partition coefficient (Wildman–Crippen LogP) is 6.57. The number of hydrogen-bond donors (Lipinski definition) is 0. The summed E-state index contributed by atoms with van der Waals surface area (Å²) in [5.41, 5.74) is 0.326. The third-order valence-corrected chi connectivity index (χ3v) is 9.34. The summed E-state index contributed by atoms with van der Waals surface area (Å²) >= 11 is 6.65. The fourth-order valence-corrected chi connectivity index (χ4v) is 7.30. The lowest BCUT2D eigenvalue weighted by molar-refractivity contribution is 0.0512. The van der Waals surface area contributed by atoms with Crippen LogP contribution >= 0.6 is 11.6 Å². The monoisotopic (exact) mass is 609 g/mol. The van der Waals surface area contributed by atoms with Crippen LogP contribution in [0, 0.1) is 5.82 Å². The van der Waals surface area contributed by atoms with Gasteiger partial charge in [0, 0.05) is 55.3 Å². The highest BCUT2D eigenvalue weighted by atomic mass is 35.5. The van der Waals surface area contributed by atoms with Gasteiger partial charge in [-0.05, 0) is 62.2 Å². The molecule has 3 fully saturated rings. The highest BCUT2D eigenvalue weighted by Gasteiger charge is 2.49. The average molecular weight is 610 g/mol. The molecule has 7 rings (SSSR count). The number of nitrogens with zero attached hydrogens (tertiary/aromatic N) is 5. The van der Waals surface area contributed by atoms with Gasteiger partial charge in [0.2, 0.25) is 0 Å². The van der Waals surface area contributed by atoms with Crippen LogP contribution in [0.2, 0.25) is 5.02 Å². The Balaban J connectivity index is 1.35. The number of hydrogen-bond acceptors (Lipinski definition) is 8. The van der Waals surface area contributed by atoms with Gasteiger partial charge in [-0.3, -0.25) is 9.88 Å². The van der Waals surface area contributed by atoms with Gasteiger partial charge in [-0.25, -0.2) is 8.78 Å². The molecule has 0 bridgehead atoms. The van der Waals surface area contributed by atoms with Gasteiger partial charge in [0.25, 0.3) is 0 Å². The molecule has 3 aliphatic rings. The van der Waals surface area contributed by atoms with E-state index in [1.165, 1.54) is 7.11 Å². The Labute approximate surface area is 253 Å². The van der Waals surface area contributed by atoms with E-state index in [9.17, 15) is 4.39 Å². The summed E-state index contributed by atoms with van der Waals surface area (Å²) in [5, 5.41) is 2.42. The van der Waals surface area contributed by atoms with Gasteiger partial charge in [-0.1, -0.05) is 23.7 Å². The molecule has 4 aromatic rings. The Kier molecular flexibility index (Phi) is 7.69. The maximum absolute atomic E-state index is 16.7. The zero-order valence-electron chi connectivity index (χ0n) is 24.1. The van der Waals surface area contributed by atoms with Gasteiger partial charge in [0.1, 0.15) is 35.6 Å². The van der Waals surface area contributed by atoms with E-state index in [0.717, 1.165) is 57.1 Å². The summed E-state index contributed by atoms with van der Waals surface area (Å²) in [5.74, 6) is 0.503. The summed E-state index contributed by atoms with van der Waals surface area (Å²) in [7, 11) is 1.54. The Morgan fingerprint density at radius 1 is 1.07 bits per heavy atom. The molecular formula is C32H34ClF2N5O3. The Morgan fingerprint density at radius 2 is 1.93 bits per heavy atom. The number of halogens is 3. The van der Waals surface area contributed by atoms with E-state index in [4.69, 9.17) is 30.8 Å². The second-order valence-electron chi connectivity index (χ2n) is 11.8. The summed E-state index contributed by atoms with van der Waals surface area (Å²) in [6.07, 6.45) is 6.22. The van der Waals surface area contributed by atoms with Crippen molar-refractivity contribution in [1.82, 2.24) is 19.9 Å². The van der Waals surface area contributed by atoms with E-state index in [0.29, 0.717) is 45.9 Å². The SMILES string of the molecule is COCOc1cc(-c2ncc3c(N4CCCCC4)nc(OC[C@@]45CCCN4C[C@H](F)C5)nc3c2F)c2c(Cl)cccc2c1. The van der Waals surface area contributed by atoms with Crippen LogP contribution in [0.5, 0.6) is 11.8 Å². The van der Waals surface area contributed by atoms with E-state index >= 15 is 4.39 Å². The fourth-order valence-electron chi connectivity index (χ4n) is 7.02. The average Bonchev–Trinajstić information content (AvgIpc) is 3.55. The summed E-state index contributed by atoms with van der Waals surface area (Å²) in [6.45, 7) is 3.18. The maximum atomic E-state index is 16.7. The highest BCUT2D eigenvalue weighted by molar-refractivity contribution is 6.36. The molecule has 2 aromatic heterocycles. The molecule has 0 saturated carbocycles. The molecule has 0 unspecified atom stereocenters. The van der Waals surface area contributed by atoms with Crippen LogP contribution in [0.4, 0.5) is 14.6 Å². The first-order valence-corrected chi connectivity index (χ1v) is 15.3. The molecule has 8 nitrogen and oxygen atoms in total. The van der Waals surface area contributed by atoms with E-state index in [1.54, 1.807) is 18.3 Å². The van der Waals surface area contributed by atoms with Crippen LogP contribution in [-0.4, -0.2) is 78.3 Å². The first kappa shape index (κ1) is 28.4.